The largest absolute Gasteiger partial charge is 0.395 e. The van der Waals surface area contributed by atoms with Gasteiger partial charge in [-0.25, -0.2) is 10.8 Å². The molecule has 4 N–H and O–H groups in total. The molecule has 0 aliphatic carbocycles. The number of methoxy groups -OCH3 is 1. The van der Waals surface area contributed by atoms with Gasteiger partial charge in [0.15, 0.2) is 0 Å². The number of fused-ring (bicyclic) bond motifs is 1. The zero-order valence-electron chi connectivity index (χ0n) is 15.8. The summed E-state index contributed by atoms with van der Waals surface area (Å²) in [6.07, 6.45) is 3.99. The third-order valence-electron chi connectivity index (χ3n) is 4.79. The molecule has 0 radical (unpaired) electrons. The van der Waals surface area contributed by atoms with Crippen LogP contribution in [0.2, 0.25) is 5.15 Å². The van der Waals surface area contributed by atoms with Crippen LogP contribution in [-0.2, 0) is 14.2 Å². The van der Waals surface area contributed by atoms with Crippen LogP contribution in [-0.4, -0.2) is 58.5 Å². The van der Waals surface area contributed by atoms with Gasteiger partial charge in [0.05, 0.1) is 17.9 Å². The molecule has 4 heterocycles. The van der Waals surface area contributed by atoms with E-state index in [-0.39, 0.29) is 23.7 Å². The van der Waals surface area contributed by atoms with E-state index in [0.29, 0.717) is 28.0 Å². The third kappa shape index (κ3) is 4.26. The van der Waals surface area contributed by atoms with Crippen LogP contribution in [0, 0.1) is 11.3 Å². The molecule has 2 fully saturated rings. The predicted octanol–water partition coefficient (Wildman–Crippen LogP) is 1.80. The Hall–Kier alpha value is -1.91. The summed E-state index contributed by atoms with van der Waals surface area (Å²) in [7, 11) is 1.60. The van der Waals surface area contributed by atoms with Crippen LogP contribution in [0.4, 0.5) is 0 Å². The van der Waals surface area contributed by atoms with Crippen molar-refractivity contribution in [2.24, 2.45) is 11.6 Å². The van der Waals surface area contributed by atoms with Crippen LogP contribution in [0.25, 0.3) is 5.70 Å². The lowest BCUT2D eigenvalue weighted by Gasteiger charge is -2.53. The van der Waals surface area contributed by atoms with Gasteiger partial charge in [0.2, 0.25) is 0 Å². The van der Waals surface area contributed by atoms with Gasteiger partial charge in [-0.1, -0.05) is 23.4 Å². The van der Waals surface area contributed by atoms with Gasteiger partial charge in [0, 0.05) is 36.0 Å². The highest BCUT2D eigenvalue weighted by Crippen LogP contribution is 2.40. The van der Waals surface area contributed by atoms with Crippen molar-refractivity contribution in [3.8, 4) is 6.07 Å². The maximum absolute atomic E-state index is 9.12. The van der Waals surface area contributed by atoms with Crippen molar-refractivity contribution < 1.29 is 14.2 Å². The number of hydrogen-bond acceptors (Lipinski definition) is 11. The molecule has 30 heavy (non-hydrogen) atoms. The number of nitrogens with two attached hydrogens (primary N) is 2. The zero-order chi connectivity index (χ0) is 21.3. The Morgan fingerprint density at radius 1 is 1.53 bits per heavy atom. The predicted molar refractivity (Wildman–Crippen MR) is 113 cm³/mol. The van der Waals surface area contributed by atoms with Crippen molar-refractivity contribution in [3.63, 3.8) is 0 Å². The van der Waals surface area contributed by atoms with E-state index in [4.69, 9.17) is 42.6 Å². The maximum Gasteiger partial charge on any atom is 0.142 e. The van der Waals surface area contributed by atoms with Gasteiger partial charge >= 0.3 is 0 Å². The highest BCUT2D eigenvalue weighted by molar-refractivity contribution is 7.99. The van der Waals surface area contributed by atoms with Gasteiger partial charge in [-0.2, -0.15) is 5.26 Å². The van der Waals surface area contributed by atoms with E-state index >= 15 is 0 Å². The van der Waals surface area contributed by atoms with Crippen molar-refractivity contribution in [3.05, 3.63) is 45.8 Å². The molecular weight excluding hydrogens is 448 g/mol. The number of ether oxygens (including phenoxy) is 3. The van der Waals surface area contributed by atoms with Gasteiger partial charge in [0.1, 0.15) is 46.0 Å². The van der Waals surface area contributed by atoms with E-state index in [1.165, 1.54) is 34.3 Å². The Bertz CT molecular complexity index is 983. The van der Waals surface area contributed by atoms with Crippen molar-refractivity contribution >= 4 is 40.4 Å². The van der Waals surface area contributed by atoms with Gasteiger partial charge < -0.3 is 25.0 Å². The van der Waals surface area contributed by atoms with Crippen LogP contribution >= 0.6 is 34.7 Å². The summed E-state index contributed by atoms with van der Waals surface area (Å²) in [5.74, 6) is 6.39. The number of halogens is 1. The molecule has 12 heteroatoms. The Labute approximate surface area is 186 Å². The third-order valence-corrected chi connectivity index (χ3v) is 7.11. The van der Waals surface area contributed by atoms with Crippen LogP contribution in [0.1, 0.15) is 10.6 Å². The van der Waals surface area contributed by atoms with Gasteiger partial charge in [0.25, 0.3) is 0 Å². The van der Waals surface area contributed by atoms with Crippen molar-refractivity contribution in [1.82, 2.24) is 15.0 Å². The van der Waals surface area contributed by atoms with E-state index in [0.717, 1.165) is 4.90 Å². The summed E-state index contributed by atoms with van der Waals surface area (Å²) in [5, 5.41) is 13.3. The SMILES string of the molecule is COC1C(Sc2cncc(C#N)c2)OC2COC2C1N(N)/C=C(\N)c1nc(Cl)cs1. The minimum absolute atomic E-state index is 0.124. The average Bonchev–Trinajstić information content (AvgIpc) is 3.16. The fourth-order valence-corrected chi connectivity index (χ4v) is 5.43. The van der Waals surface area contributed by atoms with E-state index < -0.39 is 6.10 Å². The zero-order valence-corrected chi connectivity index (χ0v) is 18.2. The Morgan fingerprint density at radius 2 is 2.37 bits per heavy atom. The first-order chi connectivity index (χ1) is 14.5. The number of pyridine rings is 1. The molecule has 2 saturated heterocycles. The normalized spacial score (nSPS) is 28.3. The molecule has 0 aromatic carbocycles. The van der Waals surface area contributed by atoms with Crippen molar-refractivity contribution in [2.45, 2.75) is 34.7 Å². The average molecular weight is 467 g/mol. The molecule has 158 valence electrons. The topological polar surface area (TPSA) is 133 Å². The molecule has 9 nitrogen and oxygen atoms in total. The summed E-state index contributed by atoms with van der Waals surface area (Å²) < 4.78 is 17.7. The Kier molecular flexibility index (Phi) is 6.45. The molecule has 0 spiro atoms. The number of nitriles is 1. The maximum atomic E-state index is 9.12. The molecule has 5 atom stereocenters. The number of nitrogens with zero attached hydrogens (tertiary/aromatic N) is 4. The minimum Gasteiger partial charge on any atom is -0.395 e. The fraction of sp³-hybridized carbons (Fsp3) is 0.389. The quantitative estimate of drug-likeness (QED) is 0.479. The Balaban J connectivity index is 1.57. The van der Waals surface area contributed by atoms with E-state index in [1.54, 1.807) is 31.0 Å². The summed E-state index contributed by atoms with van der Waals surface area (Å²) >= 11 is 8.65. The number of thiazole rings is 1. The number of aromatic nitrogens is 2. The monoisotopic (exact) mass is 466 g/mol. The Morgan fingerprint density at radius 3 is 3.00 bits per heavy atom. The van der Waals surface area contributed by atoms with E-state index in [1.807, 2.05) is 0 Å². The second-order valence-corrected chi connectivity index (χ2v) is 9.09. The molecule has 5 unspecified atom stereocenters. The molecule has 4 rings (SSSR count). The molecule has 2 aromatic rings. The van der Waals surface area contributed by atoms with Crippen LogP contribution in [0.5, 0.6) is 0 Å². The first-order valence-electron chi connectivity index (χ1n) is 8.93. The second-order valence-electron chi connectivity index (χ2n) is 6.68. The van der Waals surface area contributed by atoms with E-state index in [9.17, 15) is 0 Å². The fourth-order valence-electron chi connectivity index (χ4n) is 3.37. The summed E-state index contributed by atoms with van der Waals surface area (Å²) in [6, 6.07) is 3.50. The van der Waals surface area contributed by atoms with Crippen LogP contribution < -0.4 is 11.6 Å². The highest BCUT2D eigenvalue weighted by Gasteiger charge is 2.53. The van der Waals surface area contributed by atoms with Gasteiger partial charge in [-0.15, -0.1) is 11.3 Å². The molecule has 0 bridgehead atoms. The molecule has 0 saturated carbocycles. The second kappa shape index (κ2) is 9.07. The van der Waals surface area contributed by atoms with Crippen molar-refractivity contribution in [1.29, 1.82) is 5.26 Å². The lowest BCUT2D eigenvalue weighted by molar-refractivity contribution is -0.272. The van der Waals surface area contributed by atoms with Crippen LogP contribution in [0.3, 0.4) is 0 Å². The van der Waals surface area contributed by atoms with Crippen molar-refractivity contribution in [2.75, 3.05) is 13.7 Å². The molecule has 2 aliphatic heterocycles. The summed E-state index contributed by atoms with van der Waals surface area (Å²) in [6.45, 7) is 0.472. The van der Waals surface area contributed by atoms with Gasteiger partial charge in [-0.3, -0.25) is 4.98 Å². The summed E-state index contributed by atoms with van der Waals surface area (Å²) in [4.78, 5) is 9.07. The smallest absolute Gasteiger partial charge is 0.142 e. The number of hydrogen-bond donors (Lipinski definition) is 2. The highest BCUT2D eigenvalue weighted by atomic mass is 35.5. The number of hydrazine groups is 1. The minimum atomic E-state index is -0.434. The first kappa shape index (κ1) is 21.3. The molecule has 2 aliphatic rings. The first-order valence-corrected chi connectivity index (χ1v) is 11.1. The van der Waals surface area contributed by atoms with Gasteiger partial charge in [-0.05, 0) is 6.07 Å². The molecular formula is C18H19ClN6O3S2. The lowest BCUT2D eigenvalue weighted by Crippen LogP contribution is -2.70. The number of rotatable bonds is 6. The van der Waals surface area contributed by atoms with Crippen LogP contribution in [0.15, 0.2) is 34.9 Å². The summed E-state index contributed by atoms with van der Waals surface area (Å²) in [5.41, 5.74) is 6.65. The molecule has 0 amide bonds. The molecule has 2 aromatic heterocycles. The van der Waals surface area contributed by atoms with E-state index in [2.05, 4.69) is 16.0 Å². The standard InChI is InChI=1S/C18H19ClN6O3S2/c1-26-16-14(25(22)6-11(21)17-24-13(19)8-29-17)15-12(7-27-15)28-18(16)30-10-2-9(3-20)4-23-5-10/h2,4-6,8,12,14-16,18H,7,21-22H2,1H3/b11-6-. The lowest BCUT2D eigenvalue weighted by atomic mass is 9.93. The number of thioether (sulfide) groups is 1.